The molecule has 0 bridgehead atoms. The minimum atomic E-state index is 0.0554. The molecular formula is C20H26O4. The summed E-state index contributed by atoms with van der Waals surface area (Å²) < 4.78 is 22.7. The predicted molar refractivity (Wildman–Crippen MR) is 96.8 cm³/mol. The average Bonchev–Trinajstić information content (AvgIpc) is 2.53. The summed E-state index contributed by atoms with van der Waals surface area (Å²) in [6, 6.07) is 7.89. The summed E-state index contributed by atoms with van der Waals surface area (Å²) in [5.41, 5.74) is 3.96. The molecule has 2 rings (SSSR count). The van der Waals surface area contributed by atoms with Crippen LogP contribution in [-0.4, -0.2) is 27.4 Å². The van der Waals surface area contributed by atoms with Crippen molar-refractivity contribution in [2.45, 2.75) is 33.8 Å². The first-order valence-corrected chi connectivity index (χ1v) is 7.99. The molecule has 0 aliphatic rings. The number of ether oxygens (including phenoxy) is 4. The Bertz CT molecular complexity index is 720. The van der Waals surface area contributed by atoms with Gasteiger partial charge in [-0.05, 0) is 57.0 Å². The zero-order chi connectivity index (χ0) is 17.9. The van der Waals surface area contributed by atoms with Crippen molar-refractivity contribution in [3.05, 3.63) is 35.4 Å². The van der Waals surface area contributed by atoms with Crippen molar-refractivity contribution >= 4 is 0 Å². The topological polar surface area (TPSA) is 36.9 Å². The second-order valence-electron chi connectivity index (χ2n) is 6.03. The fraction of sp³-hybridized carbons (Fsp3) is 0.400. The van der Waals surface area contributed by atoms with Crippen LogP contribution in [0.2, 0.25) is 0 Å². The summed E-state index contributed by atoms with van der Waals surface area (Å²) in [4.78, 5) is 0. The molecule has 0 aliphatic heterocycles. The maximum atomic E-state index is 6.07. The number of methoxy groups -OCH3 is 3. The zero-order valence-electron chi connectivity index (χ0n) is 15.5. The minimum absolute atomic E-state index is 0.0554. The Morgan fingerprint density at radius 3 is 1.83 bits per heavy atom. The van der Waals surface area contributed by atoms with E-state index in [4.69, 9.17) is 18.9 Å². The number of rotatable bonds is 6. The molecule has 24 heavy (non-hydrogen) atoms. The summed E-state index contributed by atoms with van der Waals surface area (Å²) in [5.74, 6) is 3.03. The molecule has 0 saturated heterocycles. The van der Waals surface area contributed by atoms with Crippen molar-refractivity contribution < 1.29 is 18.9 Å². The summed E-state index contributed by atoms with van der Waals surface area (Å²) in [6.45, 7) is 8.07. The van der Waals surface area contributed by atoms with Crippen molar-refractivity contribution in [3.8, 4) is 34.1 Å². The van der Waals surface area contributed by atoms with E-state index < -0.39 is 0 Å². The van der Waals surface area contributed by atoms with Gasteiger partial charge in [-0.2, -0.15) is 0 Å². The van der Waals surface area contributed by atoms with Gasteiger partial charge in [0.2, 0.25) is 0 Å². The predicted octanol–water partition coefficient (Wildman–Crippen LogP) is 4.78. The van der Waals surface area contributed by atoms with Crippen molar-refractivity contribution in [2.24, 2.45) is 0 Å². The fourth-order valence-corrected chi connectivity index (χ4v) is 2.80. The van der Waals surface area contributed by atoms with Crippen LogP contribution in [0.5, 0.6) is 23.0 Å². The van der Waals surface area contributed by atoms with E-state index in [9.17, 15) is 0 Å². The number of hydrogen-bond donors (Lipinski definition) is 0. The van der Waals surface area contributed by atoms with Crippen molar-refractivity contribution in [3.63, 3.8) is 0 Å². The lowest BCUT2D eigenvalue weighted by Crippen LogP contribution is -2.08. The van der Waals surface area contributed by atoms with E-state index in [1.807, 2.05) is 52.0 Å². The molecule has 0 unspecified atom stereocenters. The third-order valence-corrected chi connectivity index (χ3v) is 3.77. The Morgan fingerprint density at radius 1 is 0.708 bits per heavy atom. The molecule has 0 spiro atoms. The largest absolute Gasteiger partial charge is 0.497 e. The van der Waals surface area contributed by atoms with E-state index in [-0.39, 0.29) is 6.10 Å². The SMILES string of the molecule is COc1cc(C)c(-c2c(OC)cc(C)cc2OC(C)C)c(OC)c1. The maximum Gasteiger partial charge on any atom is 0.131 e. The Kier molecular flexibility index (Phi) is 5.60. The van der Waals surface area contributed by atoms with Crippen LogP contribution in [0.25, 0.3) is 11.1 Å². The van der Waals surface area contributed by atoms with Crippen molar-refractivity contribution in [2.75, 3.05) is 21.3 Å². The van der Waals surface area contributed by atoms with E-state index in [1.54, 1.807) is 21.3 Å². The molecule has 0 heterocycles. The van der Waals surface area contributed by atoms with Crippen LogP contribution in [0.3, 0.4) is 0 Å². The summed E-state index contributed by atoms with van der Waals surface area (Å²) in [7, 11) is 4.97. The van der Waals surface area contributed by atoms with Gasteiger partial charge in [-0.1, -0.05) is 0 Å². The molecular weight excluding hydrogens is 304 g/mol. The van der Waals surface area contributed by atoms with Gasteiger partial charge in [-0.25, -0.2) is 0 Å². The highest BCUT2D eigenvalue weighted by Crippen LogP contribution is 2.46. The Morgan fingerprint density at radius 2 is 1.29 bits per heavy atom. The normalized spacial score (nSPS) is 10.7. The maximum absolute atomic E-state index is 6.07. The molecule has 4 heteroatoms. The fourth-order valence-electron chi connectivity index (χ4n) is 2.80. The highest BCUT2D eigenvalue weighted by Gasteiger charge is 2.21. The van der Waals surface area contributed by atoms with Crippen LogP contribution >= 0.6 is 0 Å². The van der Waals surface area contributed by atoms with E-state index in [0.29, 0.717) is 0 Å². The summed E-state index contributed by atoms with van der Waals surface area (Å²) in [6.07, 6.45) is 0.0554. The highest BCUT2D eigenvalue weighted by atomic mass is 16.5. The van der Waals surface area contributed by atoms with Crippen molar-refractivity contribution in [1.29, 1.82) is 0 Å². The quantitative estimate of drug-likeness (QED) is 0.763. The monoisotopic (exact) mass is 330 g/mol. The Hall–Kier alpha value is -2.36. The molecule has 0 saturated carbocycles. The van der Waals surface area contributed by atoms with Gasteiger partial charge in [-0.15, -0.1) is 0 Å². The molecule has 4 nitrogen and oxygen atoms in total. The molecule has 2 aromatic carbocycles. The summed E-state index contributed by atoms with van der Waals surface area (Å²) in [5, 5.41) is 0. The minimum Gasteiger partial charge on any atom is -0.497 e. The molecule has 0 aromatic heterocycles. The first-order chi connectivity index (χ1) is 11.4. The molecule has 0 radical (unpaired) electrons. The lowest BCUT2D eigenvalue weighted by Gasteiger charge is -2.21. The lowest BCUT2D eigenvalue weighted by atomic mass is 9.96. The van der Waals surface area contributed by atoms with Crippen molar-refractivity contribution in [1.82, 2.24) is 0 Å². The van der Waals surface area contributed by atoms with Gasteiger partial charge in [0.1, 0.15) is 23.0 Å². The summed E-state index contributed by atoms with van der Waals surface area (Å²) >= 11 is 0. The molecule has 0 amide bonds. The lowest BCUT2D eigenvalue weighted by molar-refractivity contribution is 0.242. The van der Waals surface area contributed by atoms with Crippen LogP contribution in [0.15, 0.2) is 24.3 Å². The van der Waals surface area contributed by atoms with Gasteiger partial charge in [-0.3, -0.25) is 0 Å². The van der Waals surface area contributed by atoms with E-state index in [1.165, 1.54) is 0 Å². The second-order valence-corrected chi connectivity index (χ2v) is 6.03. The van der Waals surface area contributed by atoms with Gasteiger partial charge in [0, 0.05) is 11.6 Å². The van der Waals surface area contributed by atoms with Crippen LogP contribution in [0.4, 0.5) is 0 Å². The standard InChI is InChI=1S/C20H26O4/c1-12(2)24-18-9-13(3)8-16(22-6)20(18)19-14(4)10-15(21-5)11-17(19)23-7/h8-12H,1-7H3. The Labute approximate surface area is 144 Å². The zero-order valence-corrected chi connectivity index (χ0v) is 15.5. The smallest absolute Gasteiger partial charge is 0.131 e. The molecule has 0 aliphatic carbocycles. The number of benzene rings is 2. The van der Waals surface area contributed by atoms with Gasteiger partial charge < -0.3 is 18.9 Å². The molecule has 0 fully saturated rings. The van der Waals surface area contributed by atoms with Crippen LogP contribution < -0.4 is 18.9 Å². The highest BCUT2D eigenvalue weighted by molar-refractivity contribution is 5.84. The third-order valence-electron chi connectivity index (χ3n) is 3.77. The third kappa shape index (κ3) is 3.58. The average molecular weight is 330 g/mol. The van der Waals surface area contributed by atoms with Gasteiger partial charge >= 0.3 is 0 Å². The molecule has 130 valence electrons. The van der Waals surface area contributed by atoms with Crippen LogP contribution in [0, 0.1) is 13.8 Å². The van der Waals surface area contributed by atoms with Gasteiger partial charge in [0.25, 0.3) is 0 Å². The molecule has 0 N–H and O–H groups in total. The van der Waals surface area contributed by atoms with Crippen LogP contribution in [0.1, 0.15) is 25.0 Å². The van der Waals surface area contributed by atoms with E-state index in [0.717, 1.165) is 45.3 Å². The van der Waals surface area contributed by atoms with Crippen LogP contribution in [-0.2, 0) is 0 Å². The second kappa shape index (κ2) is 7.47. The molecule has 2 aromatic rings. The van der Waals surface area contributed by atoms with Gasteiger partial charge in [0.15, 0.2) is 0 Å². The number of aryl methyl sites for hydroxylation is 2. The van der Waals surface area contributed by atoms with Gasteiger partial charge in [0.05, 0.1) is 33.0 Å². The first kappa shape index (κ1) is 18.0. The Balaban J connectivity index is 2.80. The molecule has 0 atom stereocenters. The number of hydrogen-bond acceptors (Lipinski definition) is 4. The van der Waals surface area contributed by atoms with E-state index >= 15 is 0 Å². The van der Waals surface area contributed by atoms with E-state index in [2.05, 4.69) is 0 Å². The first-order valence-electron chi connectivity index (χ1n) is 7.99.